The number of halogens is 1. The van der Waals surface area contributed by atoms with Gasteiger partial charge in [-0.1, -0.05) is 30.3 Å². The predicted octanol–water partition coefficient (Wildman–Crippen LogP) is 2.59. The molecule has 0 saturated heterocycles. The first-order valence-corrected chi connectivity index (χ1v) is 8.89. The summed E-state index contributed by atoms with van der Waals surface area (Å²) in [7, 11) is 3.65. The topological polar surface area (TPSA) is 79.2 Å². The summed E-state index contributed by atoms with van der Waals surface area (Å²) < 4.78 is 13.4. The van der Waals surface area contributed by atoms with Gasteiger partial charge in [-0.25, -0.2) is 4.39 Å². The van der Waals surface area contributed by atoms with Crippen molar-refractivity contribution in [1.29, 1.82) is 0 Å². The number of hydrogen-bond acceptors (Lipinski definition) is 5. The molecule has 0 aliphatic heterocycles. The predicted molar refractivity (Wildman–Crippen MR) is 108 cm³/mol. The van der Waals surface area contributed by atoms with Gasteiger partial charge < -0.3 is 26.5 Å². The van der Waals surface area contributed by atoms with E-state index in [0.29, 0.717) is 0 Å². The maximum atomic E-state index is 13.4. The molecule has 0 fully saturated rings. The summed E-state index contributed by atoms with van der Waals surface area (Å²) in [5, 5.41) is 9.78. The third kappa shape index (κ3) is 5.15. The Hall–Kier alpha value is -2.70. The van der Waals surface area contributed by atoms with Crippen LogP contribution in [0.3, 0.4) is 0 Å². The van der Waals surface area contributed by atoms with Gasteiger partial charge in [-0.05, 0) is 49.4 Å². The third-order valence-corrected chi connectivity index (χ3v) is 4.59. The number of aldehydes is 1. The third-order valence-electron chi connectivity index (χ3n) is 4.59. The second kappa shape index (κ2) is 9.85. The van der Waals surface area contributed by atoms with Crippen molar-refractivity contribution in [2.45, 2.75) is 24.9 Å². The van der Waals surface area contributed by atoms with Crippen LogP contribution < -0.4 is 21.7 Å². The second-order valence-electron chi connectivity index (χ2n) is 6.32. The average Bonchev–Trinajstić information content (AvgIpc) is 2.71. The summed E-state index contributed by atoms with van der Waals surface area (Å²) in [6, 6.07) is 14.9. The van der Waals surface area contributed by atoms with E-state index in [1.165, 1.54) is 12.1 Å². The molecule has 27 heavy (non-hydrogen) atoms. The lowest BCUT2D eigenvalue weighted by Crippen LogP contribution is -2.40. The summed E-state index contributed by atoms with van der Waals surface area (Å²) in [5.74, 6) is -0.0143. The van der Waals surface area contributed by atoms with E-state index in [-0.39, 0.29) is 11.9 Å². The average molecular weight is 370 g/mol. The fourth-order valence-corrected chi connectivity index (χ4v) is 3.10. The normalized spacial score (nSPS) is 15.3. The van der Waals surface area contributed by atoms with Crippen LogP contribution in [-0.2, 0) is 4.79 Å². The first kappa shape index (κ1) is 20.6. The van der Waals surface area contributed by atoms with Crippen molar-refractivity contribution >= 4 is 12.0 Å². The van der Waals surface area contributed by atoms with E-state index in [1.54, 1.807) is 12.1 Å². The van der Waals surface area contributed by atoms with E-state index in [4.69, 9.17) is 5.73 Å². The van der Waals surface area contributed by atoms with Crippen molar-refractivity contribution in [3.63, 3.8) is 0 Å². The van der Waals surface area contributed by atoms with Crippen LogP contribution in [0.1, 0.15) is 18.4 Å². The highest BCUT2D eigenvalue weighted by atomic mass is 19.1. The van der Waals surface area contributed by atoms with Crippen LogP contribution in [0.5, 0.6) is 0 Å². The Morgan fingerprint density at radius 2 is 1.70 bits per heavy atom. The molecule has 0 heterocycles. The van der Waals surface area contributed by atoms with Crippen LogP contribution in [-0.4, -0.2) is 32.5 Å². The highest BCUT2D eigenvalue weighted by Gasteiger charge is 2.29. The van der Waals surface area contributed by atoms with Crippen molar-refractivity contribution in [1.82, 2.24) is 10.6 Å². The first-order valence-electron chi connectivity index (χ1n) is 8.89. The molecule has 5 N–H and O–H groups in total. The smallest absolute Gasteiger partial charge is 0.137 e. The summed E-state index contributed by atoms with van der Waals surface area (Å²) >= 11 is 0. The minimum absolute atomic E-state index is 0.0929. The number of rotatable bonds is 9. The quantitative estimate of drug-likeness (QED) is 0.510. The van der Waals surface area contributed by atoms with Gasteiger partial charge >= 0.3 is 0 Å². The van der Waals surface area contributed by atoms with Gasteiger partial charge in [-0.2, -0.15) is 0 Å². The van der Waals surface area contributed by atoms with Gasteiger partial charge in [-0.3, -0.25) is 0 Å². The fraction of sp³-hybridized carbons (Fsp3) is 0.286. The van der Waals surface area contributed by atoms with Gasteiger partial charge in [0.05, 0.1) is 6.04 Å². The highest BCUT2D eigenvalue weighted by Crippen LogP contribution is 2.31. The molecule has 0 aliphatic carbocycles. The Labute approximate surface area is 159 Å². The summed E-state index contributed by atoms with van der Waals surface area (Å²) in [6.07, 6.45) is 0.728. The minimum atomic E-state index is -0.776. The zero-order chi connectivity index (χ0) is 19.8. The van der Waals surface area contributed by atoms with Crippen molar-refractivity contribution in [3.05, 3.63) is 77.4 Å². The molecule has 3 atom stereocenters. The molecular weight excluding hydrogens is 343 g/mol. The van der Waals surface area contributed by atoms with Crippen LogP contribution in [0.15, 0.2) is 66.0 Å². The molecule has 2 rings (SSSR count). The minimum Gasteiger partial charge on any atom is -0.375 e. The molecule has 2 aromatic rings. The maximum absolute atomic E-state index is 13.4. The number of carbonyl (C=O) groups is 1. The Morgan fingerprint density at radius 3 is 2.22 bits per heavy atom. The van der Waals surface area contributed by atoms with E-state index in [0.717, 1.165) is 28.9 Å². The molecular formula is C21H27FN4O. The van der Waals surface area contributed by atoms with Crippen LogP contribution in [0, 0.1) is 5.82 Å². The number of carbonyl (C=O) groups excluding carboxylic acids is 1. The zero-order valence-corrected chi connectivity index (χ0v) is 15.9. The number of para-hydroxylation sites is 1. The van der Waals surface area contributed by atoms with Crippen LogP contribution in [0.4, 0.5) is 10.1 Å². The van der Waals surface area contributed by atoms with E-state index in [2.05, 4.69) is 16.0 Å². The molecule has 0 radical (unpaired) electrons. The Balaban J connectivity index is 2.60. The summed E-state index contributed by atoms with van der Waals surface area (Å²) in [5.41, 5.74) is 8.75. The number of benzene rings is 2. The molecule has 0 aromatic heterocycles. The molecule has 144 valence electrons. The molecule has 0 amide bonds. The Bertz CT molecular complexity index is 762. The lowest BCUT2D eigenvalue weighted by Gasteiger charge is -2.31. The first-order chi connectivity index (χ1) is 13.0. The summed E-state index contributed by atoms with van der Waals surface area (Å²) in [6.45, 7) is 1.99. The molecule has 0 bridgehead atoms. The van der Waals surface area contributed by atoms with Crippen molar-refractivity contribution < 1.29 is 9.18 Å². The zero-order valence-electron chi connectivity index (χ0n) is 15.9. The van der Waals surface area contributed by atoms with Gasteiger partial charge in [0.25, 0.3) is 0 Å². The van der Waals surface area contributed by atoms with Gasteiger partial charge in [0, 0.05) is 24.7 Å². The van der Waals surface area contributed by atoms with Gasteiger partial charge in [0.1, 0.15) is 17.9 Å². The SMILES string of the molecule is CN/C(Nc1ccccc1)=C(/C(C)NC)C(c1ccc(F)cc1)C(N)C=O. The Kier molecular flexibility index (Phi) is 7.52. The number of likely N-dealkylation sites (N-methyl/N-ethyl adjacent to an activating group) is 1. The Morgan fingerprint density at radius 1 is 1.07 bits per heavy atom. The van der Waals surface area contributed by atoms with Crippen LogP contribution in [0.2, 0.25) is 0 Å². The van der Waals surface area contributed by atoms with Crippen molar-refractivity contribution in [2.24, 2.45) is 5.73 Å². The second-order valence-corrected chi connectivity index (χ2v) is 6.32. The number of hydrogen-bond donors (Lipinski definition) is 4. The summed E-state index contributed by atoms with van der Waals surface area (Å²) in [4.78, 5) is 11.6. The van der Waals surface area contributed by atoms with E-state index >= 15 is 0 Å². The molecule has 3 unspecified atom stereocenters. The maximum Gasteiger partial charge on any atom is 0.137 e. The van der Waals surface area contributed by atoms with E-state index in [9.17, 15) is 9.18 Å². The largest absolute Gasteiger partial charge is 0.375 e. The molecule has 0 saturated carbocycles. The lowest BCUT2D eigenvalue weighted by molar-refractivity contribution is -0.109. The number of nitrogens with two attached hydrogens (primary N) is 1. The van der Waals surface area contributed by atoms with Gasteiger partial charge in [0.2, 0.25) is 0 Å². The number of nitrogens with one attached hydrogen (secondary N) is 3. The lowest BCUT2D eigenvalue weighted by atomic mass is 9.82. The van der Waals surface area contributed by atoms with Crippen molar-refractivity contribution in [3.8, 4) is 0 Å². The highest BCUT2D eigenvalue weighted by molar-refractivity contribution is 5.63. The van der Waals surface area contributed by atoms with E-state index < -0.39 is 12.0 Å². The monoisotopic (exact) mass is 370 g/mol. The van der Waals surface area contributed by atoms with Crippen molar-refractivity contribution in [2.75, 3.05) is 19.4 Å². The van der Waals surface area contributed by atoms with E-state index in [1.807, 2.05) is 51.4 Å². The van der Waals surface area contributed by atoms with Gasteiger partial charge in [0.15, 0.2) is 0 Å². The number of anilines is 1. The molecule has 2 aromatic carbocycles. The van der Waals surface area contributed by atoms with Gasteiger partial charge in [-0.15, -0.1) is 0 Å². The molecule has 0 spiro atoms. The molecule has 6 heteroatoms. The van der Waals surface area contributed by atoms with Crippen LogP contribution >= 0.6 is 0 Å². The van der Waals surface area contributed by atoms with Crippen LogP contribution in [0.25, 0.3) is 0 Å². The molecule has 0 aliphatic rings. The molecule has 5 nitrogen and oxygen atoms in total. The fourth-order valence-electron chi connectivity index (χ4n) is 3.10. The standard InChI is InChI=1S/C21H27FN4O/c1-14(24-2)19(21(25-3)26-17-7-5-4-6-8-17)20(18(23)13-27)15-9-11-16(22)12-10-15/h4-14,18,20,24-26H,23H2,1-3H3/b21-19+.